The Kier molecular flexibility index (Phi) is 4.92. The molecule has 0 bridgehead atoms. The maximum absolute atomic E-state index is 11.9. The lowest BCUT2D eigenvalue weighted by Gasteiger charge is -2.20. The van der Waals surface area contributed by atoms with Crippen molar-refractivity contribution in [2.24, 2.45) is 5.41 Å². The summed E-state index contributed by atoms with van der Waals surface area (Å²) in [7, 11) is -3.45. The van der Waals surface area contributed by atoms with Crippen LogP contribution in [0.3, 0.4) is 0 Å². The molecule has 6 heteroatoms. The predicted octanol–water partition coefficient (Wildman–Crippen LogP) is 2.57. The number of rotatable bonds is 5. The fourth-order valence-corrected chi connectivity index (χ4v) is 3.14. The molecule has 0 radical (unpaired) electrons. The van der Waals surface area contributed by atoms with Gasteiger partial charge < -0.3 is 4.74 Å². The average molecular weight is 326 g/mol. The standard InChI is InChI=1S/C16H22O5S/c1-4-16(2,3)15(17)20-8-7-12-5-6-13-10-21-22(18,19)11-14(13)9-12/h5-6,9H,4,7-8,10-11H2,1-3H3. The van der Waals surface area contributed by atoms with Gasteiger partial charge in [-0.05, 0) is 37.0 Å². The molecular weight excluding hydrogens is 304 g/mol. The summed E-state index contributed by atoms with van der Waals surface area (Å²) in [5.74, 6) is -0.303. The SMILES string of the molecule is CCC(C)(C)C(=O)OCCc1ccc2c(c1)CS(=O)(=O)OC2. The van der Waals surface area contributed by atoms with Gasteiger partial charge in [0.1, 0.15) is 5.75 Å². The van der Waals surface area contributed by atoms with E-state index in [2.05, 4.69) is 0 Å². The summed E-state index contributed by atoms with van der Waals surface area (Å²) in [6.07, 6.45) is 1.29. The Hall–Kier alpha value is -1.40. The lowest BCUT2D eigenvalue weighted by Crippen LogP contribution is -2.26. The zero-order chi connectivity index (χ0) is 16.4. The highest BCUT2D eigenvalue weighted by atomic mass is 32.2. The van der Waals surface area contributed by atoms with Crippen LogP contribution in [0.4, 0.5) is 0 Å². The third-order valence-corrected chi connectivity index (χ3v) is 5.20. The number of benzene rings is 1. The van der Waals surface area contributed by atoms with Crippen LogP contribution in [0.1, 0.15) is 43.9 Å². The Morgan fingerprint density at radius 3 is 2.73 bits per heavy atom. The van der Waals surface area contributed by atoms with Crippen molar-refractivity contribution in [1.29, 1.82) is 0 Å². The van der Waals surface area contributed by atoms with E-state index in [1.54, 1.807) is 0 Å². The number of esters is 1. The van der Waals surface area contributed by atoms with E-state index in [9.17, 15) is 13.2 Å². The summed E-state index contributed by atoms with van der Waals surface area (Å²) >= 11 is 0. The van der Waals surface area contributed by atoms with Crippen LogP contribution < -0.4 is 0 Å². The van der Waals surface area contributed by atoms with Crippen LogP contribution in [0, 0.1) is 5.41 Å². The zero-order valence-electron chi connectivity index (χ0n) is 13.2. The zero-order valence-corrected chi connectivity index (χ0v) is 14.0. The van der Waals surface area contributed by atoms with Crippen LogP contribution in [0.15, 0.2) is 18.2 Å². The highest BCUT2D eigenvalue weighted by molar-refractivity contribution is 7.85. The van der Waals surface area contributed by atoms with Crippen LogP contribution in [0.5, 0.6) is 0 Å². The molecule has 1 aliphatic rings. The molecule has 122 valence electrons. The topological polar surface area (TPSA) is 69.7 Å². The first kappa shape index (κ1) is 17.0. The van der Waals surface area contributed by atoms with Gasteiger partial charge in [0.05, 0.1) is 18.6 Å². The fraction of sp³-hybridized carbons (Fsp3) is 0.562. The minimum absolute atomic E-state index is 0.0949. The van der Waals surface area contributed by atoms with Crippen molar-refractivity contribution >= 4 is 16.1 Å². The molecular formula is C16H22O5S. The second-order valence-corrected chi connectivity index (χ2v) is 7.83. The lowest BCUT2D eigenvalue weighted by molar-refractivity contribution is -0.154. The molecule has 0 aliphatic carbocycles. The molecule has 0 amide bonds. The minimum atomic E-state index is -3.45. The van der Waals surface area contributed by atoms with E-state index in [0.717, 1.165) is 23.1 Å². The monoisotopic (exact) mass is 326 g/mol. The van der Waals surface area contributed by atoms with Gasteiger partial charge >= 0.3 is 5.97 Å². The second-order valence-electron chi connectivity index (χ2n) is 6.19. The Morgan fingerprint density at radius 1 is 1.32 bits per heavy atom. The molecule has 0 saturated heterocycles. The van der Waals surface area contributed by atoms with Crippen LogP contribution in [0.25, 0.3) is 0 Å². The van der Waals surface area contributed by atoms with Crippen molar-refractivity contribution in [3.63, 3.8) is 0 Å². The number of ether oxygens (including phenoxy) is 1. The summed E-state index contributed by atoms with van der Waals surface area (Å²) in [6.45, 7) is 6.06. The molecule has 0 aromatic heterocycles. The maximum atomic E-state index is 11.9. The summed E-state index contributed by atoms with van der Waals surface area (Å²) in [4.78, 5) is 11.9. The molecule has 0 spiro atoms. The normalized spacial score (nSPS) is 16.9. The Morgan fingerprint density at radius 2 is 2.05 bits per heavy atom. The molecule has 0 saturated carbocycles. The fourth-order valence-electron chi connectivity index (χ4n) is 2.10. The van der Waals surface area contributed by atoms with E-state index in [1.807, 2.05) is 39.0 Å². The van der Waals surface area contributed by atoms with Crippen LogP contribution in [-0.2, 0) is 42.6 Å². The Bertz CT molecular complexity index is 661. The number of carbonyl (C=O) groups is 1. The first-order valence-corrected chi connectivity index (χ1v) is 8.96. The van der Waals surface area contributed by atoms with Gasteiger partial charge in [0, 0.05) is 6.42 Å². The van der Waals surface area contributed by atoms with E-state index >= 15 is 0 Å². The second kappa shape index (κ2) is 6.38. The van der Waals surface area contributed by atoms with Gasteiger partial charge in [0.2, 0.25) is 0 Å². The van der Waals surface area contributed by atoms with Crippen molar-refractivity contribution in [2.75, 3.05) is 6.61 Å². The van der Waals surface area contributed by atoms with Crippen molar-refractivity contribution in [2.45, 2.75) is 46.0 Å². The van der Waals surface area contributed by atoms with Crippen molar-refractivity contribution in [3.8, 4) is 0 Å². The van der Waals surface area contributed by atoms with E-state index < -0.39 is 15.5 Å². The summed E-state index contributed by atoms with van der Waals surface area (Å²) in [6, 6.07) is 5.64. The Balaban J connectivity index is 1.96. The van der Waals surface area contributed by atoms with Gasteiger partial charge in [-0.15, -0.1) is 0 Å². The van der Waals surface area contributed by atoms with Gasteiger partial charge in [0.15, 0.2) is 0 Å². The molecule has 0 unspecified atom stereocenters. The molecule has 1 aromatic carbocycles. The summed E-state index contributed by atoms with van der Waals surface area (Å²) in [5, 5.41) is 0. The molecule has 22 heavy (non-hydrogen) atoms. The largest absolute Gasteiger partial charge is 0.465 e. The number of hydrogen-bond acceptors (Lipinski definition) is 5. The van der Waals surface area contributed by atoms with Gasteiger partial charge in [-0.2, -0.15) is 8.42 Å². The highest BCUT2D eigenvalue weighted by Gasteiger charge is 2.27. The molecule has 0 N–H and O–H groups in total. The van der Waals surface area contributed by atoms with Gasteiger partial charge in [-0.3, -0.25) is 8.98 Å². The molecule has 0 atom stereocenters. The van der Waals surface area contributed by atoms with E-state index in [0.29, 0.717) is 13.0 Å². The smallest absolute Gasteiger partial charge is 0.311 e. The van der Waals surface area contributed by atoms with Crippen molar-refractivity contribution < 1.29 is 22.1 Å². The molecule has 5 nitrogen and oxygen atoms in total. The minimum Gasteiger partial charge on any atom is -0.465 e. The number of hydrogen-bond donors (Lipinski definition) is 0. The van der Waals surface area contributed by atoms with Gasteiger partial charge in [0.25, 0.3) is 10.1 Å². The highest BCUT2D eigenvalue weighted by Crippen LogP contribution is 2.24. The van der Waals surface area contributed by atoms with E-state index in [4.69, 9.17) is 8.92 Å². The maximum Gasteiger partial charge on any atom is 0.311 e. The first-order valence-electron chi connectivity index (χ1n) is 7.38. The first-order chi connectivity index (χ1) is 10.2. The van der Waals surface area contributed by atoms with E-state index in [-0.39, 0.29) is 18.3 Å². The van der Waals surface area contributed by atoms with Crippen molar-refractivity contribution in [1.82, 2.24) is 0 Å². The Labute approximate surface area is 131 Å². The molecule has 0 fully saturated rings. The lowest BCUT2D eigenvalue weighted by atomic mass is 9.91. The van der Waals surface area contributed by atoms with Gasteiger partial charge in [-0.25, -0.2) is 0 Å². The van der Waals surface area contributed by atoms with Crippen LogP contribution in [0.2, 0.25) is 0 Å². The molecule has 2 rings (SSSR count). The molecule has 1 aliphatic heterocycles. The third kappa shape index (κ3) is 4.08. The predicted molar refractivity (Wildman–Crippen MR) is 82.6 cm³/mol. The average Bonchev–Trinajstić information content (AvgIpc) is 2.45. The summed E-state index contributed by atoms with van der Waals surface area (Å²) in [5.41, 5.74) is 2.14. The van der Waals surface area contributed by atoms with Crippen LogP contribution in [-0.4, -0.2) is 21.0 Å². The quantitative estimate of drug-likeness (QED) is 0.614. The summed E-state index contributed by atoms with van der Waals surface area (Å²) < 4.78 is 33.1. The molecule has 1 aromatic rings. The molecule has 1 heterocycles. The van der Waals surface area contributed by atoms with E-state index in [1.165, 1.54) is 0 Å². The third-order valence-electron chi connectivity index (χ3n) is 4.06. The number of carbonyl (C=O) groups excluding carboxylic acids is 1. The van der Waals surface area contributed by atoms with Crippen LogP contribution >= 0.6 is 0 Å². The van der Waals surface area contributed by atoms with Gasteiger partial charge in [-0.1, -0.05) is 25.1 Å². The number of fused-ring (bicyclic) bond motifs is 1. The van der Waals surface area contributed by atoms with Crippen molar-refractivity contribution in [3.05, 3.63) is 34.9 Å².